The number of benzene rings is 1. The average Bonchev–Trinajstić information content (AvgIpc) is 2.93. The number of rotatable bonds is 7. The van der Waals surface area contributed by atoms with Crippen LogP contribution in [0.3, 0.4) is 0 Å². The lowest BCUT2D eigenvalue weighted by atomic mass is 10.1. The fourth-order valence-electron chi connectivity index (χ4n) is 1.99. The van der Waals surface area contributed by atoms with Crippen molar-refractivity contribution >= 4 is 0 Å². The third-order valence-electron chi connectivity index (χ3n) is 3.28. The summed E-state index contributed by atoms with van der Waals surface area (Å²) in [5.41, 5.74) is 6.90. The maximum Gasteiger partial charge on any atom is 0.231 e. The van der Waals surface area contributed by atoms with E-state index in [2.05, 4.69) is 10.1 Å². The largest absolute Gasteiger partial charge is 0.493 e. The first-order valence-corrected chi connectivity index (χ1v) is 6.94. The lowest BCUT2D eigenvalue weighted by molar-refractivity contribution is 0.354. The van der Waals surface area contributed by atoms with Gasteiger partial charge in [0.2, 0.25) is 5.89 Å². The molecule has 2 aromatic rings. The van der Waals surface area contributed by atoms with Crippen LogP contribution >= 0.6 is 0 Å². The van der Waals surface area contributed by atoms with Crippen molar-refractivity contribution < 1.29 is 14.0 Å². The monoisotopic (exact) mass is 291 g/mol. The van der Waals surface area contributed by atoms with Crippen LogP contribution in [0.25, 0.3) is 0 Å². The minimum Gasteiger partial charge on any atom is -0.493 e. The second kappa shape index (κ2) is 7.08. The van der Waals surface area contributed by atoms with Crippen LogP contribution in [-0.2, 0) is 12.8 Å². The van der Waals surface area contributed by atoms with Gasteiger partial charge in [0.1, 0.15) is 0 Å². The zero-order chi connectivity index (χ0) is 15.2. The van der Waals surface area contributed by atoms with Gasteiger partial charge in [-0.15, -0.1) is 0 Å². The first-order chi connectivity index (χ1) is 10.2. The summed E-state index contributed by atoms with van der Waals surface area (Å²) < 4.78 is 15.7. The lowest BCUT2D eigenvalue weighted by Crippen LogP contribution is -2.22. The number of ether oxygens (including phenoxy) is 2. The van der Waals surface area contributed by atoms with Crippen LogP contribution in [0.2, 0.25) is 0 Å². The lowest BCUT2D eigenvalue weighted by Gasteiger charge is -2.08. The number of aromatic nitrogens is 2. The Labute approximate surface area is 124 Å². The Balaban J connectivity index is 2.08. The number of nitrogens with two attached hydrogens (primary N) is 1. The molecule has 0 radical (unpaired) electrons. The summed E-state index contributed by atoms with van der Waals surface area (Å²) >= 11 is 0. The van der Waals surface area contributed by atoms with Crippen LogP contribution in [0.5, 0.6) is 11.5 Å². The van der Waals surface area contributed by atoms with Crippen LogP contribution in [0.4, 0.5) is 0 Å². The fraction of sp³-hybridized carbons (Fsp3) is 0.467. The van der Waals surface area contributed by atoms with Crippen LogP contribution in [0.15, 0.2) is 22.7 Å². The highest BCUT2D eigenvalue weighted by Gasteiger charge is 2.12. The van der Waals surface area contributed by atoms with Gasteiger partial charge in [-0.1, -0.05) is 18.1 Å². The molecule has 0 spiro atoms. The van der Waals surface area contributed by atoms with Crippen LogP contribution in [0.1, 0.15) is 30.6 Å². The molecule has 1 atom stereocenters. The van der Waals surface area contributed by atoms with Gasteiger partial charge >= 0.3 is 0 Å². The predicted molar refractivity (Wildman–Crippen MR) is 78.6 cm³/mol. The van der Waals surface area contributed by atoms with Gasteiger partial charge in [-0.25, -0.2) is 0 Å². The fourth-order valence-corrected chi connectivity index (χ4v) is 1.99. The van der Waals surface area contributed by atoms with Crippen LogP contribution in [0, 0.1) is 0 Å². The van der Waals surface area contributed by atoms with E-state index in [9.17, 15) is 0 Å². The minimum atomic E-state index is 0.0662. The zero-order valence-corrected chi connectivity index (χ0v) is 12.6. The van der Waals surface area contributed by atoms with Crippen molar-refractivity contribution in [1.29, 1.82) is 0 Å². The molecule has 114 valence electrons. The summed E-state index contributed by atoms with van der Waals surface area (Å²) in [5.74, 6) is 2.60. The Morgan fingerprint density at radius 1 is 1.24 bits per heavy atom. The number of nitrogens with zero attached hydrogens (tertiary/aromatic N) is 2. The summed E-state index contributed by atoms with van der Waals surface area (Å²) in [4.78, 5) is 4.36. The molecule has 0 bridgehead atoms. The Hall–Kier alpha value is -2.08. The van der Waals surface area contributed by atoms with Gasteiger partial charge in [0.05, 0.1) is 20.6 Å². The first-order valence-electron chi connectivity index (χ1n) is 6.94. The van der Waals surface area contributed by atoms with Crippen LogP contribution in [-0.4, -0.2) is 30.4 Å². The maximum absolute atomic E-state index is 5.88. The van der Waals surface area contributed by atoms with E-state index >= 15 is 0 Å². The molecule has 0 amide bonds. The van der Waals surface area contributed by atoms with Crippen molar-refractivity contribution in [1.82, 2.24) is 10.1 Å². The van der Waals surface area contributed by atoms with Gasteiger partial charge in [-0.3, -0.25) is 0 Å². The average molecular weight is 291 g/mol. The molecule has 1 aromatic heterocycles. The molecule has 6 heteroatoms. The topological polar surface area (TPSA) is 83.4 Å². The highest BCUT2D eigenvalue weighted by molar-refractivity contribution is 5.43. The van der Waals surface area contributed by atoms with Crippen molar-refractivity contribution in [2.75, 3.05) is 14.2 Å². The van der Waals surface area contributed by atoms with E-state index in [1.807, 2.05) is 25.1 Å². The first kappa shape index (κ1) is 15.3. The molecule has 0 aliphatic carbocycles. The van der Waals surface area contributed by atoms with E-state index in [-0.39, 0.29) is 6.04 Å². The van der Waals surface area contributed by atoms with E-state index in [1.165, 1.54) is 0 Å². The molecule has 2 rings (SSSR count). The molecular weight excluding hydrogens is 270 g/mol. The highest BCUT2D eigenvalue weighted by atomic mass is 16.5. The standard InChI is InChI=1S/C15H21N3O3/c1-4-11(16)9-14-17-15(21-18-14)8-10-5-6-12(19-2)13(7-10)20-3/h5-7,11H,4,8-9,16H2,1-3H3. The molecular formula is C15H21N3O3. The number of hydrogen-bond acceptors (Lipinski definition) is 6. The Morgan fingerprint density at radius 2 is 2.00 bits per heavy atom. The highest BCUT2D eigenvalue weighted by Crippen LogP contribution is 2.28. The third-order valence-corrected chi connectivity index (χ3v) is 3.28. The van der Waals surface area contributed by atoms with Gasteiger partial charge in [0.25, 0.3) is 0 Å². The normalized spacial score (nSPS) is 12.2. The number of methoxy groups -OCH3 is 2. The van der Waals surface area contributed by atoms with Crippen molar-refractivity contribution in [2.24, 2.45) is 5.73 Å². The van der Waals surface area contributed by atoms with E-state index in [4.69, 9.17) is 19.7 Å². The summed E-state index contributed by atoms with van der Waals surface area (Å²) in [6, 6.07) is 5.78. The van der Waals surface area contributed by atoms with E-state index in [1.54, 1.807) is 14.2 Å². The van der Waals surface area contributed by atoms with Crippen LogP contribution < -0.4 is 15.2 Å². The molecule has 2 N–H and O–H groups in total. The number of hydrogen-bond donors (Lipinski definition) is 1. The van der Waals surface area contributed by atoms with Gasteiger partial charge in [0, 0.05) is 12.5 Å². The molecule has 0 aliphatic rings. The van der Waals surface area contributed by atoms with Gasteiger partial charge in [0.15, 0.2) is 17.3 Å². The third kappa shape index (κ3) is 3.95. The molecule has 0 saturated carbocycles. The summed E-state index contributed by atoms with van der Waals surface area (Å²) in [5, 5.41) is 3.95. The Kier molecular flexibility index (Phi) is 5.16. The summed E-state index contributed by atoms with van der Waals surface area (Å²) in [6.45, 7) is 2.04. The van der Waals surface area contributed by atoms with Crippen molar-refractivity contribution in [2.45, 2.75) is 32.2 Å². The van der Waals surface area contributed by atoms with E-state index in [0.717, 1.165) is 12.0 Å². The molecule has 1 heterocycles. The molecule has 0 fully saturated rings. The van der Waals surface area contributed by atoms with Gasteiger partial charge < -0.3 is 19.7 Å². The van der Waals surface area contributed by atoms with E-state index < -0.39 is 0 Å². The Bertz CT molecular complexity index is 583. The smallest absolute Gasteiger partial charge is 0.231 e. The quantitative estimate of drug-likeness (QED) is 0.839. The summed E-state index contributed by atoms with van der Waals surface area (Å²) in [7, 11) is 3.22. The predicted octanol–water partition coefficient (Wildman–Crippen LogP) is 1.96. The van der Waals surface area contributed by atoms with Gasteiger partial charge in [-0.05, 0) is 24.1 Å². The zero-order valence-electron chi connectivity index (χ0n) is 12.6. The molecule has 1 aromatic carbocycles. The van der Waals surface area contributed by atoms with Crippen molar-refractivity contribution in [3.63, 3.8) is 0 Å². The Morgan fingerprint density at radius 3 is 2.67 bits per heavy atom. The second-order valence-corrected chi connectivity index (χ2v) is 4.84. The molecule has 0 aliphatic heterocycles. The maximum atomic E-state index is 5.88. The van der Waals surface area contributed by atoms with E-state index in [0.29, 0.717) is 36.1 Å². The summed E-state index contributed by atoms with van der Waals surface area (Å²) in [6.07, 6.45) is 2.07. The van der Waals surface area contributed by atoms with Crippen molar-refractivity contribution in [3.05, 3.63) is 35.5 Å². The molecule has 1 unspecified atom stereocenters. The van der Waals surface area contributed by atoms with Gasteiger partial charge in [-0.2, -0.15) is 4.98 Å². The second-order valence-electron chi connectivity index (χ2n) is 4.84. The SMILES string of the molecule is CCC(N)Cc1noc(Cc2ccc(OC)c(OC)c2)n1. The molecule has 0 saturated heterocycles. The molecule has 21 heavy (non-hydrogen) atoms. The molecule has 6 nitrogen and oxygen atoms in total. The van der Waals surface area contributed by atoms with Crippen molar-refractivity contribution in [3.8, 4) is 11.5 Å². The minimum absolute atomic E-state index is 0.0662.